The summed E-state index contributed by atoms with van der Waals surface area (Å²) in [5, 5.41) is 2.06. The van der Waals surface area contributed by atoms with E-state index in [4.69, 9.17) is 4.98 Å². The van der Waals surface area contributed by atoms with Gasteiger partial charge in [-0.2, -0.15) is 0 Å². The van der Waals surface area contributed by atoms with Crippen molar-refractivity contribution in [1.29, 1.82) is 0 Å². The highest BCUT2D eigenvalue weighted by Gasteiger charge is 2.11. The van der Waals surface area contributed by atoms with Crippen LogP contribution in [-0.4, -0.2) is 24.9 Å². The Bertz CT molecular complexity index is 1450. The lowest BCUT2D eigenvalue weighted by Crippen LogP contribution is -2.31. The molecule has 140 valence electrons. The van der Waals surface area contributed by atoms with Crippen LogP contribution in [0.15, 0.2) is 91.9 Å². The summed E-state index contributed by atoms with van der Waals surface area (Å²) in [6, 6.07) is 18.1. The zero-order valence-corrected chi connectivity index (χ0v) is 15.8. The molecule has 0 spiro atoms. The molecule has 0 aliphatic rings. The van der Waals surface area contributed by atoms with Crippen LogP contribution in [0.25, 0.3) is 49.8 Å². The van der Waals surface area contributed by atoms with E-state index < -0.39 is 0 Å². The second kappa shape index (κ2) is 6.63. The number of nitrogens with zero attached hydrogens (tertiary/aromatic N) is 6. The van der Waals surface area contributed by atoms with Gasteiger partial charge in [0.1, 0.15) is 5.52 Å². The Morgan fingerprint density at radius 1 is 0.633 bits per heavy atom. The first-order valence-electron chi connectivity index (χ1n) is 9.57. The summed E-state index contributed by atoms with van der Waals surface area (Å²) in [5.74, 6) is 0.780. The third-order valence-electron chi connectivity index (χ3n) is 5.15. The van der Waals surface area contributed by atoms with Gasteiger partial charge in [-0.25, -0.2) is 4.57 Å². The molecular weight excluding hydrogens is 372 g/mol. The van der Waals surface area contributed by atoms with Crippen LogP contribution in [0.4, 0.5) is 0 Å². The molecule has 6 rings (SSSR count). The van der Waals surface area contributed by atoms with Crippen molar-refractivity contribution in [2.45, 2.75) is 0 Å². The van der Waals surface area contributed by atoms with Gasteiger partial charge in [0.15, 0.2) is 11.0 Å². The van der Waals surface area contributed by atoms with Gasteiger partial charge >= 0.3 is 0 Å². The first-order chi connectivity index (χ1) is 14.8. The van der Waals surface area contributed by atoms with Crippen LogP contribution in [-0.2, 0) is 0 Å². The Labute approximate surface area is 171 Å². The van der Waals surface area contributed by atoms with E-state index in [9.17, 15) is 0 Å². The predicted molar refractivity (Wildman–Crippen MR) is 115 cm³/mol. The number of hydrogen-bond donors (Lipinski definition) is 0. The molecule has 0 unspecified atom stereocenters. The first kappa shape index (κ1) is 16.6. The zero-order chi connectivity index (χ0) is 19.9. The fourth-order valence-corrected chi connectivity index (χ4v) is 3.60. The molecule has 6 aromatic rings. The van der Waals surface area contributed by atoms with Crippen molar-refractivity contribution in [3.63, 3.8) is 0 Å². The number of pyridine rings is 4. The van der Waals surface area contributed by atoms with E-state index in [1.165, 1.54) is 0 Å². The van der Waals surface area contributed by atoms with Crippen LogP contribution < -0.4 is 4.57 Å². The van der Waals surface area contributed by atoms with E-state index in [1.54, 1.807) is 24.9 Å². The zero-order valence-electron chi connectivity index (χ0n) is 15.8. The normalized spacial score (nSPS) is 11.3. The Morgan fingerprint density at radius 3 is 2.57 bits per heavy atom. The van der Waals surface area contributed by atoms with E-state index in [2.05, 4.69) is 44.2 Å². The maximum atomic E-state index is 4.83. The largest absolute Gasteiger partial charge is 0.267 e. The Morgan fingerprint density at radius 2 is 1.57 bits per heavy atom. The highest BCUT2D eigenvalue weighted by atomic mass is 15.1. The van der Waals surface area contributed by atoms with Gasteiger partial charge in [-0.05, 0) is 42.0 Å². The van der Waals surface area contributed by atoms with Crippen LogP contribution in [0.3, 0.4) is 0 Å². The highest BCUT2D eigenvalue weighted by Crippen LogP contribution is 2.25. The van der Waals surface area contributed by atoms with Gasteiger partial charge in [0.05, 0.1) is 17.1 Å². The molecular formula is C24H15N6+. The lowest BCUT2D eigenvalue weighted by molar-refractivity contribution is -0.601. The molecule has 5 aromatic heterocycles. The van der Waals surface area contributed by atoms with Gasteiger partial charge in [0.25, 0.3) is 5.82 Å². The molecule has 0 fully saturated rings. The van der Waals surface area contributed by atoms with Crippen molar-refractivity contribution >= 4 is 32.8 Å². The average Bonchev–Trinajstić information content (AvgIpc) is 2.82. The van der Waals surface area contributed by atoms with Crippen molar-refractivity contribution in [1.82, 2.24) is 24.9 Å². The van der Waals surface area contributed by atoms with Gasteiger partial charge in [-0.15, -0.1) is 9.97 Å². The molecule has 30 heavy (non-hydrogen) atoms. The molecule has 0 aliphatic heterocycles. The van der Waals surface area contributed by atoms with Crippen molar-refractivity contribution < 1.29 is 4.57 Å². The minimum absolute atomic E-state index is 0.780. The number of fused-ring (bicyclic) bond motifs is 3. The van der Waals surface area contributed by atoms with Crippen molar-refractivity contribution in [3.8, 4) is 16.9 Å². The Hall–Kier alpha value is -4.32. The molecule has 0 atom stereocenters. The maximum Gasteiger partial charge on any atom is 0.267 e. The Balaban J connectivity index is 1.46. The minimum Gasteiger partial charge on any atom is -0.264 e. The molecule has 5 heterocycles. The number of aromatic nitrogens is 6. The fraction of sp³-hybridized carbons (Fsp3) is 0. The smallest absolute Gasteiger partial charge is 0.264 e. The topological polar surface area (TPSA) is 68.3 Å². The van der Waals surface area contributed by atoms with Crippen molar-refractivity contribution in [3.05, 3.63) is 91.9 Å². The molecule has 0 N–H and O–H groups in total. The summed E-state index contributed by atoms with van der Waals surface area (Å²) in [6.07, 6.45) is 11.0. The van der Waals surface area contributed by atoms with E-state index >= 15 is 0 Å². The summed E-state index contributed by atoms with van der Waals surface area (Å²) in [5.41, 5.74) is 5.66. The van der Waals surface area contributed by atoms with Gasteiger partial charge in [-0.1, -0.05) is 12.1 Å². The average molecular weight is 387 g/mol. The lowest BCUT2D eigenvalue weighted by Gasteiger charge is -2.05. The fourth-order valence-electron chi connectivity index (χ4n) is 3.60. The van der Waals surface area contributed by atoms with Crippen LogP contribution in [0.2, 0.25) is 0 Å². The molecule has 0 amide bonds. The summed E-state index contributed by atoms with van der Waals surface area (Å²) in [7, 11) is 0. The maximum absolute atomic E-state index is 4.83. The molecule has 1 aromatic carbocycles. The number of benzene rings is 1. The summed E-state index contributed by atoms with van der Waals surface area (Å²) < 4.78 is 1.90. The van der Waals surface area contributed by atoms with E-state index in [-0.39, 0.29) is 0 Å². The minimum atomic E-state index is 0.780. The molecule has 0 saturated carbocycles. The number of rotatable bonds is 2. The quantitative estimate of drug-likeness (QED) is 0.419. The predicted octanol–water partition coefficient (Wildman–Crippen LogP) is 4.06. The summed E-state index contributed by atoms with van der Waals surface area (Å²) in [4.78, 5) is 22.5. The monoisotopic (exact) mass is 387 g/mol. The van der Waals surface area contributed by atoms with E-state index in [1.807, 2.05) is 47.3 Å². The third-order valence-corrected chi connectivity index (χ3v) is 5.15. The first-order valence-corrected chi connectivity index (χ1v) is 9.57. The number of hydrogen-bond acceptors (Lipinski definition) is 5. The molecule has 6 nitrogen and oxygen atoms in total. The summed E-state index contributed by atoms with van der Waals surface area (Å²) in [6.45, 7) is 0. The second-order valence-corrected chi connectivity index (χ2v) is 7.06. The van der Waals surface area contributed by atoms with Crippen LogP contribution in [0.5, 0.6) is 0 Å². The van der Waals surface area contributed by atoms with Crippen LogP contribution in [0.1, 0.15) is 0 Å². The summed E-state index contributed by atoms with van der Waals surface area (Å²) >= 11 is 0. The van der Waals surface area contributed by atoms with Crippen LogP contribution in [0, 0.1) is 0 Å². The SMILES string of the molecule is c1cnc2ccc(-c3cnc4ccc(-[n+]5cnc6ccncc6c5)nc4c3)cc2c1. The van der Waals surface area contributed by atoms with E-state index in [0.29, 0.717) is 0 Å². The molecule has 0 bridgehead atoms. The third kappa shape index (κ3) is 2.82. The van der Waals surface area contributed by atoms with Crippen molar-refractivity contribution in [2.75, 3.05) is 0 Å². The molecule has 0 aliphatic carbocycles. The Kier molecular flexibility index (Phi) is 3.67. The van der Waals surface area contributed by atoms with Gasteiger partial charge in [0.2, 0.25) is 6.33 Å². The second-order valence-electron chi connectivity index (χ2n) is 7.06. The van der Waals surface area contributed by atoms with Gasteiger partial charge in [-0.3, -0.25) is 15.0 Å². The van der Waals surface area contributed by atoms with Gasteiger partial charge < -0.3 is 0 Å². The standard InChI is InChI=1S/C24H15N6/c1-2-17-10-16(3-4-20(17)26-8-1)18-11-23-22(27-13-18)5-6-24(29-23)30-14-19-12-25-9-7-21(19)28-15-30/h1-15H/q+1. The molecule has 0 radical (unpaired) electrons. The van der Waals surface area contributed by atoms with Crippen LogP contribution >= 0.6 is 0 Å². The highest BCUT2D eigenvalue weighted by molar-refractivity contribution is 5.86. The van der Waals surface area contributed by atoms with Crippen molar-refractivity contribution in [2.24, 2.45) is 0 Å². The van der Waals surface area contributed by atoms with E-state index in [0.717, 1.165) is 49.8 Å². The van der Waals surface area contributed by atoms with Gasteiger partial charge in [0, 0.05) is 41.8 Å². The lowest BCUT2D eigenvalue weighted by atomic mass is 10.0. The molecule has 0 saturated heterocycles. The molecule has 6 heteroatoms.